The van der Waals surface area contributed by atoms with Gasteiger partial charge in [0.15, 0.2) is 0 Å². The van der Waals surface area contributed by atoms with E-state index in [-0.39, 0.29) is 12.5 Å². The molecule has 0 aromatic carbocycles. The molecule has 2 rings (SSSR count). The van der Waals surface area contributed by atoms with E-state index in [0.29, 0.717) is 22.1 Å². The normalized spacial score (nSPS) is 10.4. The lowest BCUT2D eigenvalue weighted by Gasteiger charge is -2.04. The highest BCUT2D eigenvalue weighted by molar-refractivity contribution is 7.15. The molecule has 0 saturated heterocycles. The zero-order chi connectivity index (χ0) is 13.8. The van der Waals surface area contributed by atoms with E-state index >= 15 is 0 Å². The lowest BCUT2D eigenvalue weighted by Crippen LogP contribution is -2.24. The molecule has 2 aromatic rings. The van der Waals surface area contributed by atoms with Gasteiger partial charge in [0.05, 0.1) is 16.3 Å². The summed E-state index contributed by atoms with van der Waals surface area (Å²) in [4.78, 5) is 27.7. The average molecular weight is 279 g/mol. The van der Waals surface area contributed by atoms with Crippen LogP contribution in [-0.2, 0) is 13.1 Å². The van der Waals surface area contributed by atoms with E-state index in [1.54, 1.807) is 10.7 Å². The molecule has 7 nitrogen and oxygen atoms in total. The molecular formula is C11H13N5O2S. The van der Waals surface area contributed by atoms with Crippen LogP contribution >= 0.6 is 11.3 Å². The van der Waals surface area contributed by atoms with Crippen LogP contribution in [0.3, 0.4) is 0 Å². The van der Waals surface area contributed by atoms with Gasteiger partial charge in [-0.2, -0.15) is 5.10 Å². The summed E-state index contributed by atoms with van der Waals surface area (Å²) in [5.74, 6) is -0.111. The minimum atomic E-state index is -0.533. The Morgan fingerprint density at radius 1 is 1.42 bits per heavy atom. The fourth-order valence-corrected chi connectivity index (χ4v) is 2.30. The minimum absolute atomic E-state index is 0.261. The quantitative estimate of drug-likeness (QED) is 0.826. The highest BCUT2D eigenvalue weighted by atomic mass is 32.1. The van der Waals surface area contributed by atoms with Gasteiger partial charge >= 0.3 is 0 Å². The van der Waals surface area contributed by atoms with Crippen LogP contribution in [-0.4, -0.2) is 26.6 Å². The number of aromatic nitrogens is 3. The molecule has 19 heavy (non-hydrogen) atoms. The van der Waals surface area contributed by atoms with Crippen molar-refractivity contribution >= 4 is 23.2 Å². The molecule has 8 heteroatoms. The van der Waals surface area contributed by atoms with E-state index in [4.69, 9.17) is 5.73 Å². The second-order valence-corrected chi connectivity index (χ2v) is 4.79. The zero-order valence-electron chi connectivity index (χ0n) is 10.3. The first-order chi connectivity index (χ1) is 9.11. The molecule has 0 bridgehead atoms. The van der Waals surface area contributed by atoms with Crippen molar-refractivity contribution in [2.24, 2.45) is 5.73 Å². The van der Waals surface area contributed by atoms with E-state index in [2.05, 4.69) is 15.4 Å². The minimum Gasteiger partial charge on any atom is -0.365 e. The van der Waals surface area contributed by atoms with Crippen molar-refractivity contribution in [1.29, 1.82) is 0 Å². The van der Waals surface area contributed by atoms with E-state index in [0.717, 1.165) is 11.3 Å². The molecular weight excluding hydrogens is 266 g/mol. The molecule has 0 spiro atoms. The largest absolute Gasteiger partial charge is 0.365 e. The smallest absolute Gasteiger partial charge is 0.261 e. The maximum atomic E-state index is 11.9. The first-order valence-electron chi connectivity index (χ1n) is 5.66. The van der Waals surface area contributed by atoms with E-state index < -0.39 is 5.91 Å². The highest BCUT2D eigenvalue weighted by Gasteiger charge is 2.12. The number of nitrogens with two attached hydrogens (primary N) is 1. The maximum absolute atomic E-state index is 11.9. The molecule has 2 amide bonds. The lowest BCUT2D eigenvalue weighted by atomic mass is 10.4. The Morgan fingerprint density at radius 2 is 2.16 bits per heavy atom. The van der Waals surface area contributed by atoms with Crippen molar-refractivity contribution < 1.29 is 9.59 Å². The van der Waals surface area contributed by atoms with Crippen LogP contribution in [0, 0.1) is 0 Å². The highest BCUT2D eigenvalue weighted by Crippen LogP contribution is 2.15. The molecule has 100 valence electrons. The molecule has 0 radical (unpaired) electrons. The Bertz CT molecular complexity index is 604. The molecule has 0 aliphatic carbocycles. The summed E-state index contributed by atoms with van der Waals surface area (Å²) < 4.78 is 1.70. The van der Waals surface area contributed by atoms with Crippen LogP contribution in [0.4, 0.5) is 0 Å². The molecule has 0 aliphatic heterocycles. The van der Waals surface area contributed by atoms with Crippen molar-refractivity contribution in [2.45, 2.75) is 20.0 Å². The van der Waals surface area contributed by atoms with Crippen LogP contribution in [0.5, 0.6) is 0 Å². The Hall–Kier alpha value is -2.22. The number of primary amides is 1. The van der Waals surface area contributed by atoms with Gasteiger partial charge in [-0.1, -0.05) is 0 Å². The van der Waals surface area contributed by atoms with Crippen molar-refractivity contribution in [3.8, 4) is 0 Å². The molecule has 3 N–H and O–H groups in total. The maximum Gasteiger partial charge on any atom is 0.261 e. The van der Waals surface area contributed by atoms with Crippen LogP contribution in [0.15, 0.2) is 18.5 Å². The summed E-state index contributed by atoms with van der Waals surface area (Å²) in [7, 11) is 0. The predicted octanol–water partition coefficient (Wildman–Crippen LogP) is 0.388. The zero-order valence-corrected chi connectivity index (χ0v) is 11.1. The fourth-order valence-electron chi connectivity index (χ4n) is 1.53. The molecule has 0 fully saturated rings. The van der Waals surface area contributed by atoms with Crippen LogP contribution in [0.1, 0.15) is 32.1 Å². The number of nitrogens with one attached hydrogen (secondary N) is 1. The number of hydrogen-bond donors (Lipinski definition) is 2. The predicted molar refractivity (Wildman–Crippen MR) is 69.7 cm³/mol. The third-order valence-corrected chi connectivity index (χ3v) is 3.57. The van der Waals surface area contributed by atoms with Crippen molar-refractivity contribution in [3.05, 3.63) is 34.0 Å². The number of carbonyl (C=O) groups is 2. The third kappa shape index (κ3) is 2.97. The Labute approximate surface area is 113 Å². The summed E-state index contributed by atoms with van der Waals surface area (Å²) in [6.45, 7) is 2.92. The van der Waals surface area contributed by atoms with Crippen LogP contribution in [0.2, 0.25) is 0 Å². The number of aryl methyl sites for hydroxylation is 1. The molecule has 0 atom stereocenters. The van der Waals surface area contributed by atoms with Crippen LogP contribution < -0.4 is 11.1 Å². The number of thiophene rings is 1. The average Bonchev–Trinajstić information content (AvgIpc) is 3.04. The summed E-state index contributed by atoms with van der Waals surface area (Å²) in [6, 6.07) is 3.11. The van der Waals surface area contributed by atoms with Crippen LogP contribution in [0.25, 0.3) is 0 Å². The van der Waals surface area contributed by atoms with Gasteiger partial charge in [0.25, 0.3) is 11.8 Å². The lowest BCUT2D eigenvalue weighted by molar-refractivity contribution is 0.0952. The number of amides is 2. The molecule has 2 heterocycles. The van der Waals surface area contributed by atoms with Gasteiger partial charge in [-0.3, -0.25) is 9.59 Å². The van der Waals surface area contributed by atoms with Crippen molar-refractivity contribution in [2.75, 3.05) is 0 Å². The Morgan fingerprint density at radius 3 is 2.79 bits per heavy atom. The summed E-state index contributed by atoms with van der Waals surface area (Å²) >= 11 is 1.07. The molecule has 2 aromatic heterocycles. The van der Waals surface area contributed by atoms with Gasteiger partial charge in [-0.05, 0) is 19.1 Å². The summed E-state index contributed by atoms with van der Waals surface area (Å²) in [5, 5.41) is 6.73. The van der Waals surface area contributed by atoms with Gasteiger partial charge < -0.3 is 11.1 Å². The van der Waals surface area contributed by atoms with Crippen molar-refractivity contribution in [1.82, 2.24) is 20.1 Å². The SMILES string of the molecule is CCn1ncnc1CNC(=O)c1ccc(C(N)=O)s1. The molecule has 0 saturated carbocycles. The summed E-state index contributed by atoms with van der Waals surface area (Å²) in [5.41, 5.74) is 5.13. The van der Waals surface area contributed by atoms with Gasteiger partial charge in [0.2, 0.25) is 0 Å². The Kier molecular flexibility index (Phi) is 3.91. The number of carbonyl (C=O) groups excluding carboxylic acids is 2. The van der Waals surface area contributed by atoms with E-state index in [1.807, 2.05) is 6.92 Å². The molecule has 0 aliphatic rings. The van der Waals surface area contributed by atoms with E-state index in [1.165, 1.54) is 12.4 Å². The first-order valence-corrected chi connectivity index (χ1v) is 6.48. The number of nitrogens with zero attached hydrogens (tertiary/aromatic N) is 3. The first kappa shape index (κ1) is 13.2. The van der Waals surface area contributed by atoms with Gasteiger partial charge in [0, 0.05) is 6.54 Å². The monoisotopic (exact) mass is 279 g/mol. The van der Waals surface area contributed by atoms with Gasteiger partial charge in [0.1, 0.15) is 12.2 Å². The van der Waals surface area contributed by atoms with Gasteiger partial charge in [-0.25, -0.2) is 9.67 Å². The topological polar surface area (TPSA) is 103 Å². The third-order valence-electron chi connectivity index (χ3n) is 2.47. The van der Waals surface area contributed by atoms with E-state index in [9.17, 15) is 9.59 Å². The molecule has 0 unspecified atom stereocenters. The van der Waals surface area contributed by atoms with Gasteiger partial charge in [-0.15, -0.1) is 11.3 Å². The second-order valence-electron chi connectivity index (χ2n) is 3.70. The number of rotatable bonds is 5. The Balaban J connectivity index is 1.99. The second kappa shape index (κ2) is 5.61. The van der Waals surface area contributed by atoms with Crippen molar-refractivity contribution in [3.63, 3.8) is 0 Å². The fraction of sp³-hybridized carbons (Fsp3) is 0.273. The standard InChI is InChI=1S/C11H13N5O2S/c1-2-16-9(14-6-15-16)5-13-11(18)8-4-3-7(19-8)10(12)17/h3-4,6H,2,5H2,1H3,(H2,12,17)(H,13,18). The summed E-state index contributed by atoms with van der Waals surface area (Å²) in [6.07, 6.45) is 1.45. The number of hydrogen-bond acceptors (Lipinski definition) is 5.